The van der Waals surface area contributed by atoms with E-state index in [9.17, 15) is 0 Å². The van der Waals surface area contributed by atoms with E-state index in [1.54, 1.807) is 0 Å². The lowest BCUT2D eigenvalue weighted by atomic mass is 9.88. The Morgan fingerprint density at radius 3 is 1.34 bits per heavy atom. The molecule has 0 N–H and O–H groups in total. The molecule has 12 aromatic rings. The Labute approximate surface area is 370 Å². The van der Waals surface area contributed by atoms with Crippen LogP contribution >= 0.6 is 0 Å². The summed E-state index contributed by atoms with van der Waals surface area (Å²) in [6, 6.07) is 80.5. The molecule has 0 spiro atoms. The molecule has 0 radical (unpaired) electrons. The van der Waals surface area contributed by atoms with Crippen LogP contribution in [0.3, 0.4) is 0 Å². The highest BCUT2D eigenvalue weighted by Crippen LogP contribution is 2.43. The molecule has 0 aliphatic carbocycles. The number of aromatic nitrogens is 3. The fourth-order valence-corrected chi connectivity index (χ4v) is 9.01. The van der Waals surface area contributed by atoms with E-state index in [4.69, 9.17) is 19.4 Å². The molecule has 10 aromatic carbocycles. The monoisotopic (exact) mass is 818 g/mol. The molecule has 0 saturated carbocycles. The van der Waals surface area contributed by atoms with E-state index in [2.05, 4.69) is 199 Å². The maximum Gasteiger partial charge on any atom is 0.227 e. The average molecular weight is 819 g/mol. The third-order valence-electron chi connectivity index (χ3n) is 12.1. The second-order valence-electron chi connectivity index (χ2n) is 16.0. The van der Waals surface area contributed by atoms with Gasteiger partial charge < -0.3 is 9.32 Å². The standard InChI is InChI=1S/C59H38N4O/c1-3-17-41(18-4-1)57-58(42-29-33-45(34-30-42)63(44-21-5-2-6-22-44)46-35-31-43(32-36-46)59-62-53-27-11-12-28-56(53)64-59)61-55-38-52(50-26-14-20-40-16-8-10-24-48(40)50)51(37-54(55)60-57)49-25-13-19-39-15-7-9-23-47(39)49/h1-38H. The highest BCUT2D eigenvalue weighted by molar-refractivity contribution is 6.08. The van der Waals surface area contributed by atoms with Gasteiger partial charge in [-0.25, -0.2) is 15.0 Å². The summed E-state index contributed by atoms with van der Waals surface area (Å²) in [5.41, 5.74) is 15.4. The zero-order chi connectivity index (χ0) is 42.4. The molecule has 300 valence electrons. The third kappa shape index (κ3) is 6.64. The Balaban J connectivity index is 1.01. The first kappa shape index (κ1) is 37.1. The van der Waals surface area contributed by atoms with Gasteiger partial charge in [-0.2, -0.15) is 0 Å². The van der Waals surface area contributed by atoms with E-state index >= 15 is 0 Å². The van der Waals surface area contributed by atoms with Crippen LogP contribution in [0.4, 0.5) is 17.1 Å². The van der Waals surface area contributed by atoms with Crippen molar-refractivity contribution in [3.8, 4) is 56.2 Å². The van der Waals surface area contributed by atoms with E-state index < -0.39 is 0 Å². The number of para-hydroxylation sites is 3. The first-order chi connectivity index (χ1) is 31.7. The van der Waals surface area contributed by atoms with Crippen molar-refractivity contribution in [3.05, 3.63) is 231 Å². The number of rotatable bonds is 8. The molecule has 2 aromatic heterocycles. The van der Waals surface area contributed by atoms with E-state index in [0.717, 1.165) is 89.5 Å². The molecule has 12 rings (SSSR count). The summed E-state index contributed by atoms with van der Waals surface area (Å²) in [6.45, 7) is 0. The number of benzene rings is 10. The van der Waals surface area contributed by atoms with Gasteiger partial charge in [0.05, 0.1) is 22.4 Å². The zero-order valence-electron chi connectivity index (χ0n) is 34.6. The Morgan fingerprint density at radius 2 is 0.766 bits per heavy atom. The van der Waals surface area contributed by atoms with Crippen LogP contribution in [0, 0.1) is 0 Å². The number of nitrogens with zero attached hydrogens (tertiary/aromatic N) is 4. The summed E-state index contributed by atoms with van der Waals surface area (Å²) in [5, 5.41) is 4.78. The van der Waals surface area contributed by atoms with Crippen molar-refractivity contribution in [2.24, 2.45) is 0 Å². The number of hydrogen-bond acceptors (Lipinski definition) is 5. The fourth-order valence-electron chi connectivity index (χ4n) is 9.01. The molecule has 2 heterocycles. The molecule has 0 amide bonds. The topological polar surface area (TPSA) is 55.1 Å². The normalized spacial score (nSPS) is 11.4. The van der Waals surface area contributed by atoms with Crippen LogP contribution < -0.4 is 4.90 Å². The maximum absolute atomic E-state index is 6.10. The first-order valence-corrected chi connectivity index (χ1v) is 21.5. The molecule has 0 bridgehead atoms. The van der Waals surface area contributed by atoms with Gasteiger partial charge in [0.15, 0.2) is 5.58 Å². The van der Waals surface area contributed by atoms with Gasteiger partial charge in [0.1, 0.15) is 5.52 Å². The van der Waals surface area contributed by atoms with Crippen molar-refractivity contribution in [2.75, 3.05) is 4.90 Å². The summed E-state index contributed by atoms with van der Waals surface area (Å²) in [5.74, 6) is 0.600. The third-order valence-corrected chi connectivity index (χ3v) is 12.1. The minimum Gasteiger partial charge on any atom is -0.436 e. The van der Waals surface area contributed by atoms with Crippen molar-refractivity contribution in [3.63, 3.8) is 0 Å². The summed E-state index contributed by atoms with van der Waals surface area (Å²) < 4.78 is 6.10. The molecule has 0 fully saturated rings. The molecule has 0 unspecified atom stereocenters. The van der Waals surface area contributed by atoms with Crippen molar-refractivity contribution in [1.82, 2.24) is 15.0 Å². The molecule has 0 aliphatic heterocycles. The predicted octanol–water partition coefficient (Wildman–Crippen LogP) is 15.9. The molecule has 0 atom stereocenters. The Morgan fingerprint density at radius 1 is 0.312 bits per heavy atom. The SMILES string of the molecule is c1ccc(-c2nc3cc(-c4cccc5ccccc45)c(-c4cccc5ccccc45)cc3nc2-c2ccc(N(c3ccccc3)c3ccc(-c4nc5ccccc5o4)cc3)cc2)cc1. The highest BCUT2D eigenvalue weighted by atomic mass is 16.3. The van der Waals surface area contributed by atoms with Crippen molar-refractivity contribution in [2.45, 2.75) is 0 Å². The van der Waals surface area contributed by atoms with Gasteiger partial charge in [-0.05, 0) is 117 Å². The summed E-state index contributed by atoms with van der Waals surface area (Å²) in [6.07, 6.45) is 0. The second-order valence-corrected chi connectivity index (χ2v) is 16.0. The van der Waals surface area contributed by atoms with Crippen molar-refractivity contribution >= 4 is 60.7 Å². The molecule has 0 aliphatic rings. The number of anilines is 3. The first-order valence-electron chi connectivity index (χ1n) is 21.5. The molecule has 5 nitrogen and oxygen atoms in total. The highest BCUT2D eigenvalue weighted by Gasteiger charge is 2.20. The number of fused-ring (bicyclic) bond motifs is 4. The maximum atomic E-state index is 6.10. The van der Waals surface area contributed by atoms with E-state index in [1.807, 2.05) is 36.4 Å². The second kappa shape index (κ2) is 15.7. The molecule has 64 heavy (non-hydrogen) atoms. The van der Waals surface area contributed by atoms with E-state index in [0.29, 0.717) is 5.89 Å². The smallest absolute Gasteiger partial charge is 0.227 e. The predicted molar refractivity (Wildman–Crippen MR) is 264 cm³/mol. The van der Waals surface area contributed by atoms with Crippen LogP contribution in [0.15, 0.2) is 235 Å². The Bertz CT molecular complexity index is 3610. The molecule has 5 heteroatoms. The fraction of sp³-hybridized carbons (Fsp3) is 0. The van der Waals surface area contributed by atoms with Crippen molar-refractivity contribution in [1.29, 1.82) is 0 Å². The summed E-state index contributed by atoms with van der Waals surface area (Å²) >= 11 is 0. The van der Waals surface area contributed by atoms with Crippen LogP contribution in [0.2, 0.25) is 0 Å². The van der Waals surface area contributed by atoms with Crippen LogP contribution in [0.25, 0.3) is 99.9 Å². The van der Waals surface area contributed by atoms with Gasteiger partial charge in [-0.1, -0.05) is 158 Å². The zero-order valence-corrected chi connectivity index (χ0v) is 34.6. The largest absolute Gasteiger partial charge is 0.436 e. The van der Waals surface area contributed by atoms with Crippen LogP contribution in [-0.4, -0.2) is 15.0 Å². The number of oxazole rings is 1. The van der Waals surface area contributed by atoms with E-state index in [1.165, 1.54) is 21.5 Å². The van der Waals surface area contributed by atoms with Gasteiger partial charge in [-0.3, -0.25) is 0 Å². The lowest BCUT2D eigenvalue weighted by Gasteiger charge is -2.25. The Kier molecular flexibility index (Phi) is 9.08. The van der Waals surface area contributed by atoms with Gasteiger partial charge in [-0.15, -0.1) is 0 Å². The lowest BCUT2D eigenvalue weighted by Crippen LogP contribution is -2.09. The molecular formula is C59H38N4O. The minimum absolute atomic E-state index is 0.600. The Hall–Kier alpha value is -8.67. The van der Waals surface area contributed by atoms with Crippen molar-refractivity contribution < 1.29 is 4.42 Å². The van der Waals surface area contributed by atoms with Gasteiger partial charge in [0.25, 0.3) is 0 Å². The van der Waals surface area contributed by atoms with Crippen LogP contribution in [0.1, 0.15) is 0 Å². The van der Waals surface area contributed by atoms with Crippen LogP contribution in [-0.2, 0) is 0 Å². The van der Waals surface area contributed by atoms with E-state index in [-0.39, 0.29) is 0 Å². The van der Waals surface area contributed by atoms with Gasteiger partial charge in [0, 0.05) is 33.8 Å². The van der Waals surface area contributed by atoms with Gasteiger partial charge in [0.2, 0.25) is 5.89 Å². The number of hydrogen-bond donors (Lipinski definition) is 0. The van der Waals surface area contributed by atoms with Crippen LogP contribution in [0.5, 0.6) is 0 Å². The summed E-state index contributed by atoms with van der Waals surface area (Å²) in [7, 11) is 0. The van der Waals surface area contributed by atoms with Gasteiger partial charge >= 0.3 is 0 Å². The lowest BCUT2D eigenvalue weighted by molar-refractivity contribution is 0.620. The minimum atomic E-state index is 0.600. The summed E-state index contributed by atoms with van der Waals surface area (Å²) in [4.78, 5) is 18.0. The quantitative estimate of drug-likeness (QED) is 0.153. The molecule has 0 saturated heterocycles. The average Bonchev–Trinajstić information content (AvgIpc) is 3.81. The molecular weight excluding hydrogens is 781 g/mol.